The maximum Gasteiger partial charge on any atom is 0.249 e. The number of pyridine rings is 1. The van der Waals surface area contributed by atoms with E-state index in [2.05, 4.69) is 46.2 Å². The third-order valence-electron chi connectivity index (χ3n) is 6.13. The molecule has 1 amide bonds. The van der Waals surface area contributed by atoms with Crippen molar-refractivity contribution in [3.8, 4) is 11.3 Å². The predicted molar refractivity (Wildman–Crippen MR) is 133 cm³/mol. The number of benzene rings is 2. The summed E-state index contributed by atoms with van der Waals surface area (Å²) < 4.78 is 0. The maximum absolute atomic E-state index is 12.7. The van der Waals surface area contributed by atoms with Gasteiger partial charge >= 0.3 is 0 Å². The molecule has 2 aromatic heterocycles. The molecule has 0 spiro atoms. The van der Waals surface area contributed by atoms with E-state index in [0.29, 0.717) is 5.95 Å². The average Bonchev–Trinajstić information content (AvgIpc) is 2.82. The molecule has 2 aromatic carbocycles. The fourth-order valence-corrected chi connectivity index (χ4v) is 4.56. The van der Waals surface area contributed by atoms with Gasteiger partial charge < -0.3 is 15.1 Å². The third-order valence-corrected chi connectivity index (χ3v) is 6.13. The Labute approximate surface area is 193 Å². The zero-order valence-corrected chi connectivity index (χ0v) is 19.1. The fraction of sp³-hybridized carbons (Fsp3) is 0.231. The number of hydrogen-bond donors (Lipinski definition) is 1. The molecule has 0 saturated heterocycles. The molecule has 4 aromatic rings. The first-order valence-electron chi connectivity index (χ1n) is 11.1. The molecule has 0 bridgehead atoms. The van der Waals surface area contributed by atoms with Crippen LogP contribution in [0.5, 0.6) is 0 Å². The van der Waals surface area contributed by atoms with Crippen molar-refractivity contribution in [2.75, 3.05) is 22.2 Å². The zero-order chi connectivity index (χ0) is 23.1. The van der Waals surface area contributed by atoms with E-state index in [1.165, 1.54) is 0 Å². The number of hydrogen-bond acceptors (Lipinski definition) is 6. The Hall–Kier alpha value is -4.00. The minimum absolute atomic E-state index is 0.0941. The Morgan fingerprint density at radius 2 is 1.85 bits per heavy atom. The molecule has 1 aliphatic heterocycles. The Morgan fingerprint density at radius 3 is 2.67 bits per heavy atom. The number of rotatable bonds is 4. The van der Waals surface area contributed by atoms with Crippen LogP contribution in [-0.4, -0.2) is 40.0 Å². The summed E-state index contributed by atoms with van der Waals surface area (Å²) in [6.07, 6.45) is 5.44. The molecule has 7 nitrogen and oxygen atoms in total. The van der Waals surface area contributed by atoms with Crippen LogP contribution in [0.25, 0.3) is 22.0 Å². The molecule has 5 rings (SSSR count). The Kier molecular flexibility index (Phi) is 5.17. The van der Waals surface area contributed by atoms with Crippen LogP contribution in [0.1, 0.15) is 20.8 Å². The van der Waals surface area contributed by atoms with E-state index in [1.807, 2.05) is 62.8 Å². The topological polar surface area (TPSA) is 74.2 Å². The van der Waals surface area contributed by atoms with Crippen LogP contribution < -0.4 is 15.1 Å². The minimum Gasteiger partial charge on any atom is -0.356 e. The lowest BCUT2D eigenvalue weighted by atomic mass is 10.0. The normalized spacial score (nSPS) is 15.8. The number of likely N-dealkylation sites (N-methyl/N-ethyl adjacent to an activating group) is 1. The molecule has 0 radical (unpaired) electrons. The van der Waals surface area contributed by atoms with Gasteiger partial charge in [0.05, 0.1) is 17.1 Å². The number of carbonyl (C=O) groups is 1. The summed E-state index contributed by atoms with van der Waals surface area (Å²) in [5.74, 6) is 0.599. The van der Waals surface area contributed by atoms with Gasteiger partial charge in [0.2, 0.25) is 11.9 Å². The summed E-state index contributed by atoms with van der Waals surface area (Å²) in [7, 11) is 1.83. The van der Waals surface area contributed by atoms with Gasteiger partial charge in [0.1, 0.15) is 6.04 Å². The van der Waals surface area contributed by atoms with Crippen molar-refractivity contribution in [3.63, 3.8) is 0 Å². The van der Waals surface area contributed by atoms with E-state index in [4.69, 9.17) is 4.98 Å². The van der Waals surface area contributed by atoms with Crippen molar-refractivity contribution < 1.29 is 4.79 Å². The maximum atomic E-state index is 12.7. The number of fused-ring (bicyclic) bond motifs is 2. The van der Waals surface area contributed by atoms with Gasteiger partial charge in [-0.05, 0) is 50.4 Å². The predicted octanol–water partition coefficient (Wildman–Crippen LogP) is 5.02. The Bertz CT molecular complexity index is 1350. The molecule has 3 heterocycles. The molecular weight excluding hydrogens is 412 g/mol. The van der Waals surface area contributed by atoms with Gasteiger partial charge in [-0.15, -0.1) is 0 Å². The zero-order valence-electron chi connectivity index (χ0n) is 19.1. The van der Waals surface area contributed by atoms with Gasteiger partial charge in [0.25, 0.3) is 0 Å². The molecule has 1 atom stereocenters. The van der Waals surface area contributed by atoms with E-state index in [-0.39, 0.29) is 18.0 Å². The first-order chi connectivity index (χ1) is 15.9. The number of nitrogens with one attached hydrogen (secondary N) is 1. The molecular formula is C26H26N6O. The number of anilines is 4. The van der Waals surface area contributed by atoms with Crippen LogP contribution in [0.3, 0.4) is 0 Å². The second-order valence-corrected chi connectivity index (χ2v) is 8.58. The molecule has 0 aliphatic carbocycles. The molecule has 33 heavy (non-hydrogen) atoms. The molecule has 0 saturated carbocycles. The quantitative estimate of drug-likeness (QED) is 0.483. The van der Waals surface area contributed by atoms with E-state index < -0.39 is 0 Å². The van der Waals surface area contributed by atoms with Crippen molar-refractivity contribution in [3.05, 3.63) is 67.1 Å². The lowest BCUT2D eigenvalue weighted by Gasteiger charge is -2.42. The van der Waals surface area contributed by atoms with Gasteiger partial charge in [0, 0.05) is 48.3 Å². The summed E-state index contributed by atoms with van der Waals surface area (Å²) in [5.41, 5.74) is 4.54. The lowest BCUT2D eigenvalue weighted by Crippen LogP contribution is -2.53. The van der Waals surface area contributed by atoms with Crippen molar-refractivity contribution in [1.29, 1.82) is 0 Å². The van der Waals surface area contributed by atoms with Crippen LogP contribution >= 0.6 is 0 Å². The highest BCUT2D eigenvalue weighted by molar-refractivity contribution is 6.05. The number of nitrogens with zero attached hydrogens (tertiary/aromatic N) is 5. The van der Waals surface area contributed by atoms with Crippen LogP contribution in [-0.2, 0) is 4.79 Å². The molecule has 166 valence electrons. The Balaban J connectivity index is 1.51. The SMILES string of the molecule is CC(C)N1c2cc(Nc3nccc(-c4cncc5ccccc45)n3)ccc2N(C)C(=O)C1C. The van der Waals surface area contributed by atoms with Gasteiger partial charge in [0.15, 0.2) is 0 Å². The van der Waals surface area contributed by atoms with E-state index >= 15 is 0 Å². The minimum atomic E-state index is -0.226. The van der Waals surface area contributed by atoms with E-state index in [0.717, 1.165) is 39.1 Å². The van der Waals surface area contributed by atoms with Crippen molar-refractivity contribution in [2.24, 2.45) is 0 Å². The van der Waals surface area contributed by atoms with Crippen LogP contribution in [0.4, 0.5) is 23.0 Å². The second-order valence-electron chi connectivity index (χ2n) is 8.58. The van der Waals surface area contributed by atoms with E-state index in [9.17, 15) is 4.79 Å². The molecule has 1 unspecified atom stereocenters. The number of amides is 1. The number of aromatic nitrogens is 3. The van der Waals surface area contributed by atoms with Crippen LogP contribution in [0.15, 0.2) is 67.1 Å². The number of carbonyl (C=O) groups excluding carboxylic acids is 1. The van der Waals surface area contributed by atoms with Crippen molar-refractivity contribution in [2.45, 2.75) is 32.9 Å². The van der Waals surface area contributed by atoms with Gasteiger partial charge in [-0.3, -0.25) is 9.78 Å². The first kappa shape index (κ1) is 20.9. The smallest absolute Gasteiger partial charge is 0.249 e. The summed E-state index contributed by atoms with van der Waals surface area (Å²) in [5, 5.41) is 5.51. The molecule has 1 aliphatic rings. The van der Waals surface area contributed by atoms with Gasteiger partial charge in [-0.25, -0.2) is 9.97 Å². The first-order valence-corrected chi connectivity index (χ1v) is 11.1. The highest BCUT2D eigenvalue weighted by Gasteiger charge is 2.34. The highest BCUT2D eigenvalue weighted by Crippen LogP contribution is 2.39. The highest BCUT2D eigenvalue weighted by atomic mass is 16.2. The monoisotopic (exact) mass is 438 g/mol. The van der Waals surface area contributed by atoms with Gasteiger partial charge in [-0.2, -0.15) is 0 Å². The van der Waals surface area contributed by atoms with E-state index in [1.54, 1.807) is 11.1 Å². The van der Waals surface area contributed by atoms with Gasteiger partial charge in [-0.1, -0.05) is 24.3 Å². The third kappa shape index (κ3) is 3.65. The summed E-state index contributed by atoms with van der Waals surface area (Å²) in [6, 6.07) is 16.0. The van der Waals surface area contributed by atoms with Crippen LogP contribution in [0, 0.1) is 0 Å². The van der Waals surface area contributed by atoms with Crippen molar-refractivity contribution in [1.82, 2.24) is 15.0 Å². The van der Waals surface area contributed by atoms with Crippen molar-refractivity contribution >= 4 is 39.7 Å². The summed E-state index contributed by atoms with van der Waals surface area (Å²) in [4.78, 5) is 30.1. The largest absolute Gasteiger partial charge is 0.356 e. The fourth-order valence-electron chi connectivity index (χ4n) is 4.56. The lowest BCUT2D eigenvalue weighted by molar-refractivity contribution is -0.119. The van der Waals surface area contributed by atoms with Crippen LogP contribution in [0.2, 0.25) is 0 Å². The standard InChI is InChI=1S/C26H26N6O/c1-16(2)32-17(3)25(33)31(4)23-10-9-19(13-24(23)32)29-26-28-12-11-22(30-26)21-15-27-14-18-7-5-6-8-20(18)21/h5-17H,1-4H3,(H,28,29,30). The second kappa shape index (κ2) is 8.16. The Morgan fingerprint density at radius 1 is 1.03 bits per heavy atom. The molecule has 7 heteroatoms. The summed E-state index contributed by atoms with van der Waals surface area (Å²) in [6.45, 7) is 6.15. The summed E-state index contributed by atoms with van der Waals surface area (Å²) >= 11 is 0. The molecule has 1 N–H and O–H groups in total. The molecule has 0 fully saturated rings. The average molecular weight is 439 g/mol.